The molecule has 0 aromatic heterocycles. The number of amides is 2. The van der Waals surface area contributed by atoms with Crippen LogP contribution in [0.5, 0.6) is 11.5 Å². The Morgan fingerprint density at radius 2 is 1.92 bits per heavy atom. The van der Waals surface area contributed by atoms with Crippen molar-refractivity contribution in [1.82, 2.24) is 10.2 Å². The number of rotatable bonds is 6. The molecule has 1 saturated heterocycles. The van der Waals surface area contributed by atoms with Crippen LogP contribution in [0.25, 0.3) is 0 Å². The van der Waals surface area contributed by atoms with Crippen LogP contribution >= 0.6 is 0 Å². The summed E-state index contributed by atoms with van der Waals surface area (Å²) < 4.78 is 5.80. The van der Waals surface area contributed by atoms with Gasteiger partial charge in [-0.05, 0) is 36.8 Å². The number of carbonyl (C=O) groups excluding carboxylic acids is 2. The molecule has 1 aliphatic heterocycles. The lowest BCUT2D eigenvalue weighted by Crippen LogP contribution is -2.32. The molecule has 1 unspecified atom stereocenters. The van der Waals surface area contributed by atoms with Crippen LogP contribution in [0, 0.1) is 5.92 Å². The van der Waals surface area contributed by atoms with Crippen LogP contribution in [-0.2, 0) is 16.1 Å². The van der Waals surface area contributed by atoms with E-state index in [0.717, 1.165) is 17.1 Å². The molecule has 0 bridgehead atoms. The van der Waals surface area contributed by atoms with Gasteiger partial charge in [0.05, 0.1) is 5.92 Å². The van der Waals surface area contributed by atoms with Gasteiger partial charge in [-0.15, -0.1) is 0 Å². The standard InChI is InChI=1S/C20H22N2O3/c1-2-22-14-16(12-19(22)23)20(24)21-13-15-7-6-10-18(11-15)25-17-8-4-3-5-9-17/h3-11,16H,2,12-14H2,1H3,(H,21,24). The number of ether oxygens (including phenoxy) is 1. The second-order valence-electron chi connectivity index (χ2n) is 6.11. The Morgan fingerprint density at radius 1 is 1.16 bits per heavy atom. The topological polar surface area (TPSA) is 58.6 Å². The second-order valence-corrected chi connectivity index (χ2v) is 6.11. The van der Waals surface area contributed by atoms with Gasteiger partial charge in [-0.25, -0.2) is 0 Å². The molecule has 130 valence electrons. The van der Waals surface area contributed by atoms with Crippen molar-refractivity contribution in [3.8, 4) is 11.5 Å². The predicted octanol–water partition coefficient (Wildman–Crippen LogP) is 2.96. The molecule has 1 heterocycles. The number of carbonyl (C=O) groups is 2. The highest BCUT2D eigenvalue weighted by atomic mass is 16.5. The summed E-state index contributed by atoms with van der Waals surface area (Å²) in [5.74, 6) is 1.23. The molecular weight excluding hydrogens is 316 g/mol. The maximum Gasteiger partial charge on any atom is 0.225 e. The average molecular weight is 338 g/mol. The van der Waals surface area contributed by atoms with Gasteiger partial charge < -0.3 is 15.0 Å². The molecule has 2 aromatic carbocycles. The summed E-state index contributed by atoms with van der Waals surface area (Å²) in [7, 11) is 0. The van der Waals surface area contributed by atoms with Gasteiger partial charge in [0.1, 0.15) is 11.5 Å². The van der Waals surface area contributed by atoms with Gasteiger partial charge in [0, 0.05) is 26.1 Å². The highest BCUT2D eigenvalue weighted by molar-refractivity contribution is 5.89. The quantitative estimate of drug-likeness (QED) is 0.881. The Labute approximate surface area is 147 Å². The van der Waals surface area contributed by atoms with E-state index < -0.39 is 0 Å². The summed E-state index contributed by atoms with van der Waals surface area (Å²) in [4.78, 5) is 25.7. The average Bonchev–Trinajstić information content (AvgIpc) is 3.02. The molecule has 2 aromatic rings. The van der Waals surface area contributed by atoms with E-state index in [0.29, 0.717) is 26.1 Å². The third kappa shape index (κ3) is 4.38. The van der Waals surface area contributed by atoms with Crippen LogP contribution in [0.1, 0.15) is 18.9 Å². The molecule has 1 atom stereocenters. The summed E-state index contributed by atoms with van der Waals surface area (Å²) in [5.41, 5.74) is 0.957. The maximum absolute atomic E-state index is 12.3. The number of hydrogen-bond donors (Lipinski definition) is 1. The number of nitrogens with one attached hydrogen (secondary N) is 1. The van der Waals surface area contributed by atoms with Crippen molar-refractivity contribution >= 4 is 11.8 Å². The van der Waals surface area contributed by atoms with E-state index in [9.17, 15) is 9.59 Å². The van der Waals surface area contributed by atoms with Crippen molar-refractivity contribution in [3.63, 3.8) is 0 Å². The van der Waals surface area contributed by atoms with E-state index in [1.54, 1.807) is 4.90 Å². The summed E-state index contributed by atoms with van der Waals surface area (Å²) in [6, 6.07) is 17.2. The Hall–Kier alpha value is -2.82. The van der Waals surface area contributed by atoms with Crippen molar-refractivity contribution < 1.29 is 14.3 Å². The van der Waals surface area contributed by atoms with Crippen molar-refractivity contribution in [2.45, 2.75) is 19.9 Å². The first-order valence-corrected chi connectivity index (χ1v) is 8.53. The van der Waals surface area contributed by atoms with Gasteiger partial charge in [-0.1, -0.05) is 30.3 Å². The summed E-state index contributed by atoms with van der Waals surface area (Å²) >= 11 is 0. The summed E-state index contributed by atoms with van der Waals surface area (Å²) in [6.07, 6.45) is 0.302. The number of hydrogen-bond acceptors (Lipinski definition) is 3. The van der Waals surface area contributed by atoms with Gasteiger partial charge in [0.15, 0.2) is 0 Å². The second kappa shape index (κ2) is 7.83. The Morgan fingerprint density at radius 3 is 2.64 bits per heavy atom. The third-order valence-corrected chi connectivity index (χ3v) is 4.31. The Bertz CT molecular complexity index is 746. The van der Waals surface area contributed by atoms with Gasteiger partial charge in [-0.3, -0.25) is 9.59 Å². The normalized spacial score (nSPS) is 16.8. The molecule has 0 saturated carbocycles. The summed E-state index contributed by atoms with van der Waals surface area (Å²) in [5, 5.41) is 2.92. The molecule has 1 N–H and O–H groups in total. The van der Waals surface area contributed by atoms with Crippen LogP contribution in [0.3, 0.4) is 0 Å². The van der Waals surface area contributed by atoms with Crippen LogP contribution < -0.4 is 10.1 Å². The largest absolute Gasteiger partial charge is 0.457 e. The third-order valence-electron chi connectivity index (χ3n) is 4.31. The number of benzene rings is 2. The van der Waals surface area contributed by atoms with Crippen LogP contribution in [0.2, 0.25) is 0 Å². The zero-order valence-electron chi connectivity index (χ0n) is 14.3. The zero-order valence-corrected chi connectivity index (χ0v) is 14.3. The van der Waals surface area contributed by atoms with Crippen molar-refractivity contribution in [3.05, 3.63) is 60.2 Å². The molecule has 25 heavy (non-hydrogen) atoms. The minimum absolute atomic E-state index is 0.0564. The van der Waals surface area contributed by atoms with E-state index in [1.165, 1.54) is 0 Å². The van der Waals surface area contributed by atoms with Crippen LogP contribution in [0.15, 0.2) is 54.6 Å². The Balaban J connectivity index is 1.56. The first-order valence-electron chi connectivity index (χ1n) is 8.53. The molecule has 0 aliphatic carbocycles. The molecule has 1 fully saturated rings. The molecule has 3 rings (SSSR count). The molecule has 2 amide bonds. The highest BCUT2D eigenvalue weighted by Crippen LogP contribution is 2.22. The lowest BCUT2D eigenvalue weighted by Gasteiger charge is -2.14. The number of nitrogens with zero attached hydrogens (tertiary/aromatic N) is 1. The fraction of sp³-hybridized carbons (Fsp3) is 0.300. The fourth-order valence-electron chi connectivity index (χ4n) is 2.93. The lowest BCUT2D eigenvalue weighted by atomic mass is 10.1. The fourth-order valence-corrected chi connectivity index (χ4v) is 2.93. The molecule has 5 nitrogen and oxygen atoms in total. The molecule has 0 spiro atoms. The number of likely N-dealkylation sites (tertiary alicyclic amines) is 1. The molecule has 1 aliphatic rings. The Kier molecular flexibility index (Phi) is 5.33. The van der Waals surface area contributed by atoms with Crippen molar-refractivity contribution in [1.29, 1.82) is 0 Å². The lowest BCUT2D eigenvalue weighted by molar-refractivity contribution is -0.128. The zero-order chi connectivity index (χ0) is 17.6. The van der Waals surface area contributed by atoms with E-state index in [4.69, 9.17) is 4.74 Å². The van der Waals surface area contributed by atoms with E-state index in [2.05, 4.69) is 5.32 Å². The first-order chi connectivity index (χ1) is 12.2. The smallest absolute Gasteiger partial charge is 0.225 e. The van der Waals surface area contributed by atoms with Crippen molar-refractivity contribution in [2.24, 2.45) is 5.92 Å². The van der Waals surface area contributed by atoms with E-state index in [1.807, 2.05) is 61.5 Å². The van der Waals surface area contributed by atoms with E-state index >= 15 is 0 Å². The molecule has 0 radical (unpaired) electrons. The number of para-hydroxylation sites is 1. The van der Waals surface area contributed by atoms with E-state index in [-0.39, 0.29) is 17.7 Å². The van der Waals surface area contributed by atoms with Crippen LogP contribution in [-0.4, -0.2) is 29.8 Å². The monoisotopic (exact) mass is 338 g/mol. The molecular formula is C20H22N2O3. The van der Waals surface area contributed by atoms with Gasteiger partial charge in [-0.2, -0.15) is 0 Å². The van der Waals surface area contributed by atoms with Gasteiger partial charge in [0.2, 0.25) is 11.8 Å². The molecule has 5 heteroatoms. The summed E-state index contributed by atoms with van der Waals surface area (Å²) in [6.45, 7) is 3.51. The van der Waals surface area contributed by atoms with Crippen LogP contribution in [0.4, 0.5) is 0 Å². The maximum atomic E-state index is 12.3. The minimum Gasteiger partial charge on any atom is -0.457 e. The SMILES string of the molecule is CCN1CC(C(=O)NCc2cccc(Oc3ccccc3)c2)CC1=O. The first kappa shape index (κ1) is 17.0. The predicted molar refractivity (Wildman–Crippen MR) is 95.2 cm³/mol. The van der Waals surface area contributed by atoms with Gasteiger partial charge in [0.25, 0.3) is 0 Å². The van der Waals surface area contributed by atoms with Gasteiger partial charge >= 0.3 is 0 Å². The minimum atomic E-state index is -0.254. The van der Waals surface area contributed by atoms with Crippen molar-refractivity contribution in [2.75, 3.05) is 13.1 Å². The highest BCUT2D eigenvalue weighted by Gasteiger charge is 2.33.